The zero-order valence-electron chi connectivity index (χ0n) is 10.6. The number of hydrogen-bond donors (Lipinski definition) is 2. The van der Waals surface area contributed by atoms with E-state index in [4.69, 9.17) is 9.90 Å². The van der Waals surface area contributed by atoms with Crippen molar-refractivity contribution >= 4 is 12.2 Å². The van der Waals surface area contributed by atoms with Gasteiger partial charge in [0.25, 0.3) is 0 Å². The minimum Gasteiger partial charge on any atom is -0.530 e. The van der Waals surface area contributed by atoms with E-state index in [1.165, 1.54) is 7.05 Å². The summed E-state index contributed by atoms with van der Waals surface area (Å²) < 4.78 is 0. The summed E-state index contributed by atoms with van der Waals surface area (Å²) in [5.41, 5.74) is 3.23. The molecule has 6 heteroatoms. The minimum absolute atomic E-state index is 0.310. The van der Waals surface area contributed by atoms with Crippen LogP contribution in [0.4, 0.5) is 9.59 Å². The summed E-state index contributed by atoms with van der Waals surface area (Å²) >= 11 is 0. The molecule has 0 aliphatic rings. The first kappa shape index (κ1) is 15.8. The smallest absolute Gasteiger partial charge is 0.134 e. The van der Waals surface area contributed by atoms with Gasteiger partial charge in [0.1, 0.15) is 12.2 Å². The lowest BCUT2D eigenvalue weighted by Crippen LogP contribution is -2.35. The molecule has 0 bridgehead atoms. The topological polar surface area (TPSA) is 104 Å². The van der Waals surface area contributed by atoms with Gasteiger partial charge in [0, 0.05) is 13.6 Å². The molecule has 0 saturated carbocycles. The van der Waals surface area contributed by atoms with Crippen LogP contribution >= 0.6 is 0 Å². The molecule has 18 heavy (non-hydrogen) atoms. The Hall–Kier alpha value is -2.24. The largest absolute Gasteiger partial charge is 0.530 e. The second-order valence-electron chi connectivity index (χ2n) is 3.67. The average molecular weight is 252 g/mol. The molecule has 2 N–H and O–H groups in total. The molecule has 0 aromatic heterocycles. The Morgan fingerprint density at radius 2 is 1.50 bits per heavy atom. The van der Waals surface area contributed by atoms with Crippen LogP contribution < -0.4 is 20.8 Å². The van der Waals surface area contributed by atoms with E-state index < -0.39 is 12.2 Å². The molecule has 0 fully saturated rings. The summed E-state index contributed by atoms with van der Waals surface area (Å²) in [6, 6.07) is 5.94. The van der Waals surface area contributed by atoms with Crippen LogP contribution in [-0.2, 0) is 6.54 Å². The third-order valence-electron chi connectivity index (χ3n) is 1.92. The highest BCUT2D eigenvalue weighted by Crippen LogP contribution is 2.08. The Labute approximate surface area is 106 Å². The molecule has 2 amide bonds. The van der Waals surface area contributed by atoms with Crippen molar-refractivity contribution in [1.29, 1.82) is 0 Å². The van der Waals surface area contributed by atoms with Crippen molar-refractivity contribution in [3.8, 4) is 0 Å². The van der Waals surface area contributed by atoms with E-state index in [2.05, 4.69) is 5.32 Å². The van der Waals surface area contributed by atoms with Gasteiger partial charge < -0.3 is 30.4 Å². The van der Waals surface area contributed by atoms with Gasteiger partial charge in [-0.05, 0) is 19.4 Å². The van der Waals surface area contributed by atoms with Gasteiger partial charge in [0.05, 0.1) is 0 Å². The summed E-state index contributed by atoms with van der Waals surface area (Å²) in [6.45, 7) is 4.27. The summed E-state index contributed by atoms with van der Waals surface area (Å²) in [6.07, 6.45) is -2.48. The second-order valence-corrected chi connectivity index (χ2v) is 3.67. The van der Waals surface area contributed by atoms with Crippen molar-refractivity contribution in [2.45, 2.75) is 20.4 Å². The van der Waals surface area contributed by atoms with Crippen LogP contribution in [0.15, 0.2) is 18.2 Å². The van der Waals surface area contributed by atoms with Gasteiger partial charge in [0.2, 0.25) is 0 Å². The number of aryl methyl sites for hydroxylation is 2. The van der Waals surface area contributed by atoms with Crippen LogP contribution in [0, 0.1) is 13.8 Å². The highest BCUT2D eigenvalue weighted by Gasteiger charge is 1.94. The van der Waals surface area contributed by atoms with Crippen molar-refractivity contribution in [2.75, 3.05) is 7.05 Å². The molecule has 0 saturated heterocycles. The van der Waals surface area contributed by atoms with E-state index in [-0.39, 0.29) is 0 Å². The Bertz CT molecular complexity index is 398. The third-order valence-corrected chi connectivity index (χ3v) is 1.92. The van der Waals surface area contributed by atoms with E-state index in [9.17, 15) is 9.90 Å². The predicted molar refractivity (Wildman–Crippen MR) is 62.6 cm³/mol. The monoisotopic (exact) mass is 252 g/mol. The standard InChI is InChI=1S/C10H13NO2.C2H5NO2/c1-7-3-8(2)5-9(4-7)6-11-10(12)13;1-3-2(4)5/h3-5,11H,6H2,1-2H3,(H,12,13);3H,1H3,(H,4,5)/p-2. The van der Waals surface area contributed by atoms with Gasteiger partial charge in [-0.15, -0.1) is 0 Å². The molecule has 0 heterocycles. The third kappa shape index (κ3) is 7.98. The maximum atomic E-state index is 10.1. The summed E-state index contributed by atoms with van der Waals surface area (Å²) in [4.78, 5) is 19.3. The number of nitrogens with one attached hydrogen (secondary N) is 2. The lowest BCUT2D eigenvalue weighted by Gasteiger charge is -2.08. The molecule has 0 unspecified atom stereocenters. The summed E-state index contributed by atoms with van der Waals surface area (Å²) in [5.74, 6) is 0. The maximum Gasteiger partial charge on any atom is 0.134 e. The van der Waals surface area contributed by atoms with Crippen LogP contribution in [0.3, 0.4) is 0 Å². The van der Waals surface area contributed by atoms with Gasteiger partial charge in [0.15, 0.2) is 0 Å². The highest BCUT2D eigenvalue weighted by atomic mass is 16.4. The Balaban J connectivity index is 0.000000494. The lowest BCUT2D eigenvalue weighted by atomic mass is 10.1. The van der Waals surface area contributed by atoms with Crippen molar-refractivity contribution in [3.05, 3.63) is 34.9 Å². The van der Waals surface area contributed by atoms with Crippen molar-refractivity contribution in [3.63, 3.8) is 0 Å². The summed E-state index contributed by atoms with van der Waals surface area (Å²) in [5, 5.41) is 23.3. The Morgan fingerprint density at radius 1 is 1.06 bits per heavy atom. The van der Waals surface area contributed by atoms with E-state index in [0.29, 0.717) is 6.54 Å². The van der Waals surface area contributed by atoms with E-state index >= 15 is 0 Å². The molecule has 0 aliphatic carbocycles. The zero-order chi connectivity index (χ0) is 14.1. The van der Waals surface area contributed by atoms with Gasteiger partial charge in [-0.2, -0.15) is 0 Å². The molecular formula is C12H16N2O4-2. The zero-order valence-corrected chi connectivity index (χ0v) is 10.6. The molecule has 100 valence electrons. The fourth-order valence-corrected chi connectivity index (χ4v) is 1.35. The van der Waals surface area contributed by atoms with E-state index in [1.54, 1.807) is 0 Å². The number of hydrogen-bond acceptors (Lipinski definition) is 4. The number of amides is 2. The molecule has 0 spiro atoms. The molecule has 1 aromatic carbocycles. The number of carboxylic acid groups (broad SMARTS) is 2. The number of carbonyl (C=O) groups is 2. The summed E-state index contributed by atoms with van der Waals surface area (Å²) in [7, 11) is 1.29. The first-order valence-corrected chi connectivity index (χ1v) is 5.26. The first-order chi connectivity index (χ1) is 8.35. The molecule has 1 aromatic rings. The highest BCUT2D eigenvalue weighted by molar-refractivity contribution is 5.62. The molecular weight excluding hydrogens is 236 g/mol. The van der Waals surface area contributed by atoms with Gasteiger partial charge >= 0.3 is 0 Å². The fourth-order valence-electron chi connectivity index (χ4n) is 1.35. The molecule has 0 radical (unpaired) electrons. The van der Waals surface area contributed by atoms with E-state index in [0.717, 1.165) is 16.7 Å². The molecule has 1 rings (SSSR count). The molecule has 0 atom stereocenters. The van der Waals surface area contributed by atoms with Crippen molar-refractivity contribution in [1.82, 2.24) is 10.6 Å². The number of rotatable bonds is 2. The normalized spacial score (nSPS) is 8.83. The first-order valence-electron chi connectivity index (χ1n) is 5.26. The SMILES string of the molecule is CNC(=O)[O-].Cc1cc(C)cc(CNC(=O)[O-])c1. The van der Waals surface area contributed by atoms with Gasteiger partial charge in [-0.25, -0.2) is 0 Å². The molecule has 0 aliphatic heterocycles. The van der Waals surface area contributed by atoms with E-state index in [1.807, 2.05) is 37.4 Å². The lowest BCUT2D eigenvalue weighted by molar-refractivity contribution is -0.251. The van der Waals surface area contributed by atoms with Crippen LogP contribution in [0.25, 0.3) is 0 Å². The van der Waals surface area contributed by atoms with Gasteiger partial charge in [-0.3, -0.25) is 0 Å². The second kappa shape index (κ2) is 7.94. The maximum absolute atomic E-state index is 10.1. The van der Waals surface area contributed by atoms with Crippen LogP contribution in [0.2, 0.25) is 0 Å². The van der Waals surface area contributed by atoms with Crippen LogP contribution in [0.1, 0.15) is 16.7 Å². The van der Waals surface area contributed by atoms with Crippen molar-refractivity contribution < 1.29 is 19.8 Å². The van der Waals surface area contributed by atoms with Crippen molar-refractivity contribution in [2.24, 2.45) is 0 Å². The minimum atomic E-state index is -1.25. The Morgan fingerprint density at radius 3 is 1.83 bits per heavy atom. The predicted octanol–water partition coefficient (Wildman–Crippen LogP) is -0.715. The average Bonchev–Trinajstić information content (AvgIpc) is 2.26. The Kier molecular flexibility index (Phi) is 6.95. The number of benzene rings is 1. The quantitative estimate of drug-likeness (QED) is 0.725. The number of carbonyl (C=O) groups excluding carboxylic acids is 2. The van der Waals surface area contributed by atoms with Crippen LogP contribution in [0.5, 0.6) is 0 Å². The van der Waals surface area contributed by atoms with Crippen LogP contribution in [-0.4, -0.2) is 19.2 Å². The fraction of sp³-hybridized carbons (Fsp3) is 0.333. The molecule has 6 nitrogen and oxygen atoms in total. The van der Waals surface area contributed by atoms with Gasteiger partial charge in [-0.1, -0.05) is 29.3 Å².